The zero-order chi connectivity index (χ0) is 16.2. The van der Waals surface area contributed by atoms with Gasteiger partial charge in [0.25, 0.3) is 10.0 Å². The summed E-state index contributed by atoms with van der Waals surface area (Å²) in [7, 11) is -2.33. The van der Waals surface area contributed by atoms with Crippen LogP contribution >= 0.6 is 11.6 Å². The lowest BCUT2D eigenvalue weighted by atomic mass is 10.2. The van der Waals surface area contributed by atoms with E-state index in [9.17, 15) is 13.5 Å². The lowest BCUT2D eigenvalue weighted by Gasteiger charge is -2.04. The number of aromatic hydroxyl groups is 1. The maximum atomic E-state index is 12.0. The molecule has 0 radical (unpaired) electrons. The van der Waals surface area contributed by atoms with Crippen LogP contribution in [0.1, 0.15) is 5.56 Å². The Kier molecular flexibility index (Phi) is 4.89. The van der Waals surface area contributed by atoms with Crippen LogP contribution in [0.3, 0.4) is 0 Å². The van der Waals surface area contributed by atoms with Crippen LogP contribution in [0, 0.1) is 0 Å². The summed E-state index contributed by atoms with van der Waals surface area (Å²) in [6.45, 7) is 0. The number of phenolic OH excluding ortho intramolecular Hbond substituents is 1. The Morgan fingerprint density at radius 1 is 1.23 bits per heavy atom. The molecule has 0 spiro atoms. The van der Waals surface area contributed by atoms with Crippen LogP contribution < -0.4 is 9.57 Å². The summed E-state index contributed by atoms with van der Waals surface area (Å²) < 4.78 is 28.8. The molecule has 22 heavy (non-hydrogen) atoms. The van der Waals surface area contributed by atoms with Crippen LogP contribution in [0.4, 0.5) is 0 Å². The third kappa shape index (κ3) is 3.90. The third-order valence-electron chi connectivity index (χ3n) is 2.71. The van der Waals surface area contributed by atoms with E-state index in [1.807, 2.05) is 0 Å². The Morgan fingerprint density at radius 3 is 2.50 bits per heavy atom. The quantitative estimate of drug-likeness (QED) is 0.646. The van der Waals surface area contributed by atoms with Gasteiger partial charge in [0, 0.05) is 5.02 Å². The van der Waals surface area contributed by atoms with Gasteiger partial charge in [0.05, 0.1) is 18.2 Å². The number of methoxy groups -OCH3 is 1. The number of benzene rings is 2. The number of hydrogen-bond donors (Lipinski definition) is 2. The summed E-state index contributed by atoms with van der Waals surface area (Å²) in [6.07, 6.45) is 1.27. The van der Waals surface area contributed by atoms with E-state index >= 15 is 0 Å². The standard InChI is InChI=1S/C14H13ClN2O4S/c1-21-14-7-2-10(8-13(14)18)9-16-17-22(19,20)12-5-3-11(15)4-6-12/h2-9,17-18H,1H3/b16-9-. The number of hydrazone groups is 1. The lowest BCUT2D eigenvalue weighted by molar-refractivity contribution is 0.373. The predicted octanol–water partition coefficient (Wildman–Crippen LogP) is 2.37. The average molecular weight is 341 g/mol. The van der Waals surface area contributed by atoms with Crippen molar-refractivity contribution in [2.24, 2.45) is 5.10 Å². The maximum absolute atomic E-state index is 12.0. The Bertz CT molecular complexity index is 789. The molecule has 8 heteroatoms. The number of phenols is 1. The Labute approximate surface area is 133 Å². The zero-order valence-electron chi connectivity index (χ0n) is 11.5. The molecule has 0 aliphatic heterocycles. The molecule has 0 aromatic heterocycles. The molecule has 2 N–H and O–H groups in total. The number of nitrogens with one attached hydrogen (secondary N) is 1. The van der Waals surface area contributed by atoms with Crippen molar-refractivity contribution in [2.75, 3.05) is 7.11 Å². The van der Waals surface area contributed by atoms with Crippen molar-refractivity contribution in [3.05, 3.63) is 53.1 Å². The summed E-state index contributed by atoms with van der Waals surface area (Å²) in [5.74, 6) is 0.255. The topological polar surface area (TPSA) is 88.0 Å². The van der Waals surface area contributed by atoms with Crippen molar-refractivity contribution in [1.29, 1.82) is 0 Å². The van der Waals surface area contributed by atoms with Gasteiger partial charge in [-0.2, -0.15) is 13.5 Å². The fourth-order valence-corrected chi connectivity index (χ4v) is 2.54. The van der Waals surface area contributed by atoms with Crippen molar-refractivity contribution >= 4 is 27.8 Å². The monoisotopic (exact) mass is 340 g/mol. The van der Waals surface area contributed by atoms with Gasteiger partial charge >= 0.3 is 0 Å². The van der Waals surface area contributed by atoms with E-state index in [4.69, 9.17) is 16.3 Å². The van der Waals surface area contributed by atoms with Crippen molar-refractivity contribution in [3.8, 4) is 11.5 Å². The van der Waals surface area contributed by atoms with Crippen molar-refractivity contribution < 1.29 is 18.3 Å². The number of nitrogens with zero attached hydrogens (tertiary/aromatic N) is 1. The molecule has 6 nitrogen and oxygen atoms in total. The highest BCUT2D eigenvalue weighted by atomic mass is 35.5. The number of rotatable bonds is 5. The first-order chi connectivity index (χ1) is 10.4. The molecular weight excluding hydrogens is 328 g/mol. The second kappa shape index (κ2) is 6.67. The average Bonchev–Trinajstić information content (AvgIpc) is 2.48. The molecule has 2 aromatic rings. The Morgan fingerprint density at radius 2 is 1.91 bits per heavy atom. The van der Waals surface area contributed by atoms with Crippen LogP contribution in [-0.4, -0.2) is 26.8 Å². The van der Waals surface area contributed by atoms with E-state index in [1.165, 1.54) is 43.7 Å². The normalized spacial score (nSPS) is 11.5. The van der Waals surface area contributed by atoms with Crippen LogP contribution in [0.15, 0.2) is 52.5 Å². The van der Waals surface area contributed by atoms with Gasteiger partial charge in [0.2, 0.25) is 0 Å². The fourth-order valence-electron chi connectivity index (χ4n) is 1.62. The van der Waals surface area contributed by atoms with Crippen LogP contribution in [0.5, 0.6) is 11.5 Å². The summed E-state index contributed by atoms with van der Waals surface area (Å²) in [5.41, 5.74) is 0.511. The van der Waals surface area contributed by atoms with Gasteiger partial charge in [0.15, 0.2) is 11.5 Å². The second-order valence-electron chi connectivity index (χ2n) is 4.24. The van der Waals surface area contributed by atoms with Gasteiger partial charge in [-0.25, -0.2) is 4.83 Å². The van der Waals surface area contributed by atoms with E-state index in [1.54, 1.807) is 12.1 Å². The summed E-state index contributed by atoms with van der Waals surface area (Å²) in [5, 5.41) is 13.7. The summed E-state index contributed by atoms with van der Waals surface area (Å²) in [6, 6.07) is 10.3. The Hall–Kier alpha value is -2.25. The number of sulfonamides is 1. The minimum Gasteiger partial charge on any atom is -0.504 e. The van der Waals surface area contributed by atoms with Gasteiger partial charge in [0.1, 0.15) is 0 Å². The first-order valence-electron chi connectivity index (χ1n) is 6.10. The molecule has 2 rings (SSSR count). The maximum Gasteiger partial charge on any atom is 0.276 e. The van der Waals surface area contributed by atoms with E-state index in [0.29, 0.717) is 16.3 Å². The minimum atomic E-state index is -3.76. The van der Waals surface area contributed by atoms with E-state index in [2.05, 4.69) is 9.93 Å². The molecule has 0 atom stereocenters. The molecular formula is C14H13ClN2O4S. The SMILES string of the molecule is COc1ccc(/C=N\NS(=O)(=O)c2ccc(Cl)cc2)cc1O. The summed E-state index contributed by atoms with van der Waals surface area (Å²) in [4.78, 5) is 2.12. The van der Waals surface area contributed by atoms with Crippen molar-refractivity contribution in [2.45, 2.75) is 4.90 Å². The molecule has 0 heterocycles. The van der Waals surface area contributed by atoms with Gasteiger partial charge in [-0.1, -0.05) is 11.6 Å². The van der Waals surface area contributed by atoms with Gasteiger partial charge < -0.3 is 9.84 Å². The number of halogens is 1. The first-order valence-corrected chi connectivity index (χ1v) is 7.96. The third-order valence-corrected chi connectivity index (χ3v) is 4.20. The molecule has 0 unspecified atom stereocenters. The second-order valence-corrected chi connectivity index (χ2v) is 6.34. The highest BCUT2D eigenvalue weighted by Gasteiger charge is 2.12. The Balaban J connectivity index is 2.11. The van der Waals surface area contributed by atoms with E-state index in [0.717, 1.165) is 0 Å². The number of hydrogen-bond acceptors (Lipinski definition) is 5. The molecule has 0 saturated carbocycles. The number of ether oxygens (including phenoxy) is 1. The zero-order valence-corrected chi connectivity index (χ0v) is 13.1. The molecule has 0 aliphatic carbocycles. The van der Waals surface area contributed by atoms with Gasteiger partial charge in [-0.15, -0.1) is 0 Å². The predicted molar refractivity (Wildman–Crippen MR) is 84.0 cm³/mol. The largest absolute Gasteiger partial charge is 0.504 e. The molecule has 0 bridgehead atoms. The van der Waals surface area contributed by atoms with Crippen LogP contribution in [0.25, 0.3) is 0 Å². The molecule has 0 aliphatic rings. The molecule has 0 amide bonds. The van der Waals surface area contributed by atoms with Crippen LogP contribution in [-0.2, 0) is 10.0 Å². The van der Waals surface area contributed by atoms with Gasteiger partial charge in [-0.05, 0) is 48.0 Å². The molecule has 2 aromatic carbocycles. The van der Waals surface area contributed by atoms with Crippen LogP contribution in [0.2, 0.25) is 5.02 Å². The highest BCUT2D eigenvalue weighted by molar-refractivity contribution is 7.89. The first kappa shape index (κ1) is 16.1. The molecule has 0 saturated heterocycles. The lowest BCUT2D eigenvalue weighted by Crippen LogP contribution is -2.18. The van der Waals surface area contributed by atoms with E-state index in [-0.39, 0.29) is 10.6 Å². The smallest absolute Gasteiger partial charge is 0.276 e. The molecule has 0 fully saturated rings. The van der Waals surface area contributed by atoms with Crippen molar-refractivity contribution in [3.63, 3.8) is 0 Å². The molecule has 116 valence electrons. The fraction of sp³-hybridized carbons (Fsp3) is 0.0714. The minimum absolute atomic E-state index is 0.0478. The van der Waals surface area contributed by atoms with E-state index < -0.39 is 10.0 Å². The summed E-state index contributed by atoms with van der Waals surface area (Å²) >= 11 is 5.71. The van der Waals surface area contributed by atoms with Gasteiger partial charge in [-0.3, -0.25) is 0 Å². The van der Waals surface area contributed by atoms with Crippen molar-refractivity contribution in [1.82, 2.24) is 4.83 Å². The highest BCUT2D eigenvalue weighted by Crippen LogP contribution is 2.25.